The van der Waals surface area contributed by atoms with Gasteiger partial charge in [0.2, 0.25) is 11.8 Å². The number of nitrogens with two attached hydrogens (primary N) is 1. The van der Waals surface area contributed by atoms with Crippen LogP contribution in [0.4, 0.5) is 23.1 Å². The van der Waals surface area contributed by atoms with E-state index in [1.807, 2.05) is 37.4 Å². The highest BCUT2D eigenvalue weighted by molar-refractivity contribution is 5.97. The molecule has 0 saturated heterocycles. The van der Waals surface area contributed by atoms with Crippen LogP contribution in [0.25, 0.3) is 0 Å². The zero-order valence-corrected chi connectivity index (χ0v) is 22.9. The number of anilines is 2. The van der Waals surface area contributed by atoms with Crippen LogP contribution in [0.3, 0.4) is 0 Å². The average molecular weight is 514 g/mol. The molecule has 4 N–H and O–H groups in total. The van der Waals surface area contributed by atoms with Gasteiger partial charge in [-0.3, -0.25) is 20.0 Å². The van der Waals surface area contributed by atoms with E-state index in [-0.39, 0.29) is 17.4 Å². The average Bonchev–Trinajstić information content (AvgIpc) is 2.87. The molecule has 2 aromatic heterocycles. The molecule has 1 aliphatic heterocycles. The van der Waals surface area contributed by atoms with Gasteiger partial charge >= 0.3 is 0 Å². The fourth-order valence-electron chi connectivity index (χ4n) is 4.40. The van der Waals surface area contributed by atoms with E-state index in [0.717, 1.165) is 43.1 Å². The van der Waals surface area contributed by atoms with Crippen LogP contribution < -0.4 is 16.0 Å². The highest BCUT2D eigenvalue weighted by Gasteiger charge is 2.22. The second-order valence-corrected chi connectivity index (χ2v) is 11.0. The molecule has 0 bridgehead atoms. The van der Waals surface area contributed by atoms with Crippen molar-refractivity contribution in [3.05, 3.63) is 65.1 Å². The number of benzene rings is 1. The van der Waals surface area contributed by atoms with Crippen molar-refractivity contribution in [2.75, 3.05) is 18.4 Å². The van der Waals surface area contributed by atoms with Crippen molar-refractivity contribution in [3.63, 3.8) is 0 Å². The summed E-state index contributed by atoms with van der Waals surface area (Å²) >= 11 is 0. The Morgan fingerprint density at radius 1 is 1.18 bits per heavy atom. The van der Waals surface area contributed by atoms with Crippen molar-refractivity contribution in [1.29, 1.82) is 5.26 Å². The Morgan fingerprint density at radius 3 is 2.74 bits per heavy atom. The fraction of sp³-hybridized carbons (Fsp3) is 0.414. The quantitative estimate of drug-likeness (QED) is 0.418. The maximum atomic E-state index is 12.9. The van der Waals surface area contributed by atoms with Gasteiger partial charge in [-0.2, -0.15) is 10.2 Å². The number of nitrogens with one attached hydrogen (secondary N) is 2. The van der Waals surface area contributed by atoms with E-state index < -0.39 is 0 Å². The van der Waals surface area contributed by atoms with Crippen LogP contribution in [0, 0.1) is 11.3 Å². The molecule has 0 fully saturated rings. The molecule has 38 heavy (non-hydrogen) atoms. The summed E-state index contributed by atoms with van der Waals surface area (Å²) in [6.45, 7) is 12.8. The van der Waals surface area contributed by atoms with Gasteiger partial charge in [-0.25, -0.2) is 4.98 Å². The molecule has 9 nitrogen and oxygen atoms in total. The first-order valence-electron chi connectivity index (χ1n) is 13.1. The molecular formula is C29H37N8O+. The first kappa shape index (κ1) is 27.2. The van der Waals surface area contributed by atoms with Gasteiger partial charge in [0.05, 0.1) is 18.0 Å². The van der Waals surface area contributed by atoms with Crippen molar-refractivity contribution in [2.45, 2.75) is 65.5 Å². The summed E-state index contributed by atoms with van der Waals surface area (Å²) in [5.41, 5.74) is 5.67. The molecule has 0 unspecified atom stereocenters. The molecule has 3 aromatic rings. The third-order valence-electron chi connectivity index (χ3n) is 6.43. The van der Waals surface area contributed by atoms with E-state index in [0.29, 0.717) is 23.8 Å². The SMILES string of the molecule is CC(C)NC(=O)c1cnc(Nc2ccc3c(c2)CCN(CCC#N)C3)nc1[NH2+]c1ccnc(C(C)(C)C)c1. The molecule has 1 aliphatic rings. The van der Waals surface area contributed by atoms with Gasteiger partial charge in [0.25, 0.3) is 5.91 Å². The summed E-state index contributed by atoms with van der Waals surface area (Å²) < 4.78 is 0. The topological polar surface area (TPSA) is 123 Å². The minimum Gasteiger partial charge on any atom is -0.350 e. The van der Waals surface area contributed by atoms with Crippen molar-refractivity contribution in [1.82, 2.24) is 25.2 Å². The second-order valence-electron chi connectivity index (χ2n) is 11.0. The molecule has 0 atom stereocenters. The number of hydrogen-bond donors (Lipinski definition) is 3. The summed E-state index contributed by atoms with van der Waals surface area (Å²) in [5, 5.41) is 17.1. The molecule has 4 rings (SSSR count). The van der Waals surface area contributed by atoms with Gasteiger partial charge in [0, 0.05) is 61.5 Å². The summed E-state index contributed by atoms with van der Waals surface area (Å²) in [7, 11) is 0. The number of nitrogens with zero attached hydrogens (tertiary/aromatic N) is 5. The van der Waals surface area contributed by atoms with Gasteiger partial charge in [-0.05, 0) is 43.5 Å². The Balaban J connectivity index is 1.59. The fourth-order valence-corrected chi connectivity index (χ4v) is 4.40. The van der Waals surface area contributed by atoms with Gasteiger partial charge < -0.3 is 10.6 Å². The normalized spacial score (nSPS) is 13.6. The lowest BCUT2D eigenvalue weighted by atomic mass is 9.91. The third-order valence-corrected chi connectivity index (χ3v) is 6.43. The summed E-state index contributed by atoms with van der Waals surface area (Å²) in [4.78, 5) is 29.0. The maximum Gasteiger partial charge on any atom is 0.260 e. The molecule has 1 aromatic carbocycles. The highest BCUT2D eigenvalue weighted by atomic mass is 16.1. The summed E-state index contributed by atoms with van der Waals surface area (Å²) in [6.07, 6.45) is 4.85. The first-order chi connectivity index (χ1) is 18.1. The predicted octanol–water partition coefficient (Wildman–Crippen LogP) is 3.85. The van der Waals surface area contributed by atoms with Crippen molar-refractivity contribution >= 4 is 29.0 Å². The molecule has 3 heterocycles. The zero-order chi connectivity index (χ0) is 27.3. The molecule has 198 valence electrons. The van der Waals surface area contributed by atoms with Crippen LogP contribution in [0.1, 0.15) is 68.2 Å². The van der Waals surface area contributed by atoms with Crippen LogP contribution in [-0.2, 0) is 18.4 Å². The number of carbonyl (C=O) groups is 1. The number of pyridine rings is 1. The molecule has 1 amide bonds. The minimum absolute atomic E-state index is 0.00658. The number of nitriles is 1. The lowest BCUT2D eigenvalue weighted by Crippen LogP contribution is -2.72. The Labute approximate surface area is 224 Å². The summed E-state index contributed by atoms with van der Waals surface area (Å²) in [5.74, 6) is 0.754. The standard InChI is InChI=1S/C29H36N8O/c1-19(2)33-27(38)24-17-32-28(36-26(24)34-23-9-12-31-25(16-23)29(3,4)5)35-22-8-7-21-18-37(13-6-11-30)14-10-20(21)15-22/h7-9,12,15-17,19H,6,10,13-14,18H2,1-5H3,(H,33,38)(H2,31,32,34,35,36)/p+1. The number of fused-ring (bicyclic) bond motifs is 1. The van der Waals surface area contributed by atoms with Crippen molar-refractivity contribution < 1.29 is 10.1 Å². The van der Waals surface area contributed by atoms with E-state index >= 15 is 0 Å². The molecule has 0 aliphatic carbocycles. The minimum atomic E-state index is -0.211. The molecule has 0 radical (unpaired) electrons. The van der Waals surface area contributed by atoms with E-state index in [4.69, 9.17) is 10.2 Å². The molecule has 0 saturated carbocycles. The van der Waals surface area contributed by atoms with Crippen molar-refractivity contribution in [3.8, 4) is 6.07 Å². The van der Waals surface area contributed by atoms with Crippen LogP contribution >= 0.6 is 0 Å². The first-order valence-corrected chi connectivity index (χ1v) is 13.1. The van der Waals surface area contributed by atoms with E-state index in [2.05, 4.69) is 64.5 Å². The number of quaternary nitrogens is 1. The van der Waals surface area contributed by atoms with Gasteiger partial charge in [-0.1, -0.05) is 26.8 Å². The van der Waals surface area contributed by atoms with Gasteiger partial charge in [0.15, 0.2) is 0 Å². The monoisotopic (exact) mass is 513 g/mol. The lowest BCUT2D eigenvalue weighted by molar-refractivity contribution is -0.483. The van der Waals surface area contributed by atoms with Crippen LogP contribution in [-0.4, -0.2) is 44.9 Å². The number of rotatable bonds is 8. The molecular weight excluding hydrogens is 476 g/mol. The summed E-state index contributed by atoms with van der Waals surface area (Å²) in [6, 6.07) is 12.5. The third kappa shape index (κ3) is 6.91. The van der Waals surface area contributed by atoms with E-state index in [1.54, 1.807) is 12.4 Å². The molecule has 0 spiro atoms. The van der Waals surface area contributed by atoms with Gasteiger partial charge in [0.1, 0.15) is 11.3 Å². The van der Waals surface area contributed by atoms with Crippen LogP contribution in [0.2, 0.25) is 0 Å². The van der Waals surface area contributed by atoms with Crippen LogP contribution in [0.5, 0.6) is 0 Å². The van der Waals surface area contributed by atoms with E-state index in [1.165, 1.54) is 11.1 Å². The Kier molecular flexibility index (Phi) is 8.35. The highest BCUT2D eigenvalue weighted by Crippen LogP contribution is 2.25. The second kappa shape index (κ2) is 11.7. The predicted molar refractivity (Wildman–Crippen MR) is 148 cm³/mol. The molecule has 9 heteroatoms. The maximum absolute atomic E-state index is 12.9. The van der Waals surface area contributed by atoms with Crippen molar-refractivity contribution in [2.24, 2.45) is 0 Å². The number of amides is 1. The number of carbonyl (C=O) groups excluding carboxylic acids is 1. The Morgan fingerprint density at radius 2 is 2.00 bits per heavy atom. The van der Waals surface area contributed by atoms with Crippen LogP contribution in [0.15, 0.2) is 42.7 Å². The number of aromatic nitrogens is 3. The lowest BCUT2D eigenvalue weighted by Gasteiger charge is -2.28. The Hall–Kier alpha value is -3.87. The van der Waals surface area contributed by atoms with E-state index in [9.17, 15) is 4.79 Å². The Bertz CT molecular complexity index is 1340. The largest absolute Gasteiger partial charge is 0.350 e. The number of hydrogen-bond acceptors (Lipinski definition) is 7. The smallest absolute Gasteiger partial charge is 0.260 e. The zero-order valence-electron chi connectivity index (χ0n) is 22.9. The van der Waals surface area contributed by atoms with Gasteiger partial charge in [-0.15, -0.1) is 0 Å².